The lowest BCUT2D eigenvalue weighted by Crippen LogP contribution is -2.53. The van der Waals surface area contributed by atoms with E-state index in [1.807, 2.05) is 0 Å². The van der Waals surface area contributed by atoms with E-state index in [2.05, 4.69) is 5.32 Å². The second kappa shape index (κ2) is 13.1. The van der Waals surface area contributed by atoms with Crippen molar-refractivity contribution < 1.29 is 22.4 Å². The van der Waals surface area contributed by atoms with Crippen LogP contribution in [-0.4, -0.2) is 62.2 Å². The first-order chi connectivity index (χ1) is 17.9. The summed E-state index contributed by atoms with van der Waals surface area (Å²) in [7, 11) is -1.48. The molecule has 0 bridgehead atoms. The van der Waals surface area contributed by atoms with Gasteiger partial charge < -0.3 is 10.2 Å². The van der Waals surface area contributed by atoms with Crippen LogP contribution in [0.15, 0.2) is 42.5 Å². The number of nitrogens with zero attached hydrogens (tertiary/aromatic N) is 3. The molecule has 1 fully saturated rings. The molecule has 8 nitrogen and oxygen atoms in total. The summed E-state index contributed by atoms with van der Waals surface area (Å²) < 4.78 is 41.8. The van der Waals surface area contributed by atoms with Gasteiger partial charge in [0.2, 0.25) is 11.8 Å². The fourth-order valence-electron chi connectivity index (χ4n) is 4.33. The van der Waals surface area contributed by atoms with Crippen molar-refractivity contribution in [2.24, 2.45) is 0 Å². The van der Waals surface area contributed by atoms with Gasteiger partial charge in [-0.05, 0) is 56.2 Å². The van der Waals surface area contributed by atoms with E-state index in [0.29, 0.717) is 15.6 Å². The van der Waals surface area contributed by atoms with E-state index in [1.165, 1.54) is 31.1 Å². The van der Waals surface area contributed by atoms with Gasteiger partial charge in [-0.15, -0.1) is 0 Å². The van der Waals surface area contributed by atoms with Gasteiger partial charge >= 0.3 is 10.2 Å². The highest BCUT2D eigenvalue weighted by Crippen LogP contribution is 2.28. The fourth-order valence-corrected chi connectivity index (χ4v) is 5.90. The molecule has 0 unspecified atom stereocenters. The van der Waals surface area contributed by atoms with Gasteiger partial charge in [-0.2, -0.15) is 12.7 Å². The van der Waals surface area contributed by atoms with Gasteiger partial charge in [-0.3, -0.25) is 9.59 Å². The first kappa shape index (κ1) is 30.1. The molecule has 1 N–H and O–H groups in total. The zero-order chi connectivity index (χ0) is 28.0. The Bertz CT molecular complexity index is 1220. The average Bonchev–Trinajstić information content (AvgIpc) is 2.87. The van der Waals surface area contributed by atoms with E-state index in [1.54, 1.807) is 25.1 Å². The Kier molecular flexibility index (Phi) is 10.4. The topological polar surface area (TPSA) is 90.0 Å². The maximum atomic E-state index is 13.8. The summed E-state index contributed by atoms with van der Waals surface area (Å²) in [6.07, 6.45) is 4.89. The molecule has 1 aliphatic rings. The van der Waals surface area contributed by atoms with Gasteiger partial charge in [0.05, 0.1) is 5.69 Å². The third-order valence-electron chi connectivity index (χ3n) is 6.64. The summed E-state index contributed by atoms with van der Waals surface area (Å²) in [5.41, 5.74) is 0.536. The van der Waals surface area contributed by atoms with Crippen LogP contribution < -0.4 is 9.62 Å². The molecule has 1 atom stereocenters. The monoisotopic (exact) mass is 586 g/mol. The molecule has 3 rings (SSSR count). The Morgan fingerprint density at radius 1 is 1.03 bits per heavy atom. The number of nitrogens with one attached hydrogen (secondary N) is 1. The van der Waals surface area contributed by atoms with Crippen LogP contribution >= 0.6 is 23.2 Å². The van der Waals surface area contributed by atoms with E-state index in [9.17, 15) is 22.4 Å². The van der Waals surface area contributed by atoms with Crippen molar-refractivity contribution in [1.82, 2.24) is 14.5 Å². The van der Waals surface area contributed by atoms with Crippen molar-refractivity contribution >= 4 is 50.9 Å². The Morgan fingerprint density at radius 2 is 1.61 bits per heavy atom. The lowest BCUT2D eigenvalue weighted by Gasteiger charge is -2.34. The third kappa shape index (κ3) is 7.37. The van der Waals surface area contributed by atoms with Crippen LogP contribution in [0.25, 0.3) is 0 Å². The van der Waals surface area contributed by atoms with Gasteiger partial charge in [0.1, 0.15) is 18.4 Å². The van der Waals surface area contributed by atoms with Crippen molar-refractivity contribution in [3.8, 4) is 0 Å². The molecule has 0 aliphatic heterocycles. The van der Waals surface area contributed by atoms with Gasteiger partial charge in [0.15, 0.2) is 0 Å². The number of amides is 2. The summed E-state index contributed by atoms with van der Waals surface area (Å²) in [6, 6.07) is 8.76. The van der Waals surface area contributed by atoms with Crippen molar-refractivity contribution in [3.05, 3.63) is 63.9 Å². The minimum absolute atomic E-state index is 0.0179. The molecule has 2 amide bonds. The van der Waals surface area contributed by atoms with Crippen LogP contribution in [0.2, 0.25) is 10.0 Å². The second-order valence-electron chi connectivity index (χ2n) is 9.51. The lowest BCUT2D eigenvalue weighted by atomic mass is 9.95. The molecule has 0 radical (unpaired) electrons. The second-order valence-corrected chi connectivity index (χ2v) is 12.4. The molecule has 38 heavy (non-hydrogen) atoms. The van der Waals surface area contributed by atoms with E-state index >= 15 is 0 Å². The SMILES string of the molecule is C[C@H](C(=O)NC1CCCCC1)N(Cc1c(Cl)cccc1Cl)C(=O)CN(c1ccc(F)cc1)S(=O)(=O)N(C)C. The summed E-state index contributed by atoms with van der Waals surface area (Å²) in [4.78, 5) is 28.3. The molecule has 2 aromatic rings. The van der Waals surface area contributed by atoms with Crippen LogP contribution in [0.1, 0.15) is 44.6 Å². The van der Waals surface area contributed by atoms with Gasteiger partial charge in [0, 0.05) is 42.3 Å². The number of halogens is 3. The van der Waals surface area contributed by atoms with Gasteiger partial charge in [-0.1, -0.05) is 48.5 Å². The predicted molar refractivity (Wildman–Crippen MR) is 148 cm³/mol. The average molecular weight is 588 g/mol. The zero-order valence-electron chi connectivity index (χ0n) is 21.7. The smallest absolute Gasteiger partial charge is 0.304 e. The molecule has 1 aliphatic carbocycles. The molecule has 0 saturated heterocycles. The molecule has 208 valence electrons. The molecular weight excluding hydrogens is 554 g/mol. The summed E-state index contributed by atoms with van der Waals surface area (Å²) in [5, 5.41) is 3.65. The van der Waals surface area contributed by atoms with Crippen molar-refractivity contribution in [2.45, 2.75) is 57.7 Å². The Balaban J connectivity index is 1.95. The number of rotatable bonds is 10. The van der Waals surface area contributed by atoms with Crippen LogP contribution in [0, 0.1) is 5.82 Å². The Morgan fingerprint density at radius 3 is 2.16 bits per heavy atom. The van der Waals surface area contributed by atoms with E-state index < -0.39 is 34.5 Å². The van der Waals surface area contributed by atoms with E-state index in [-0.39, 0.29) is 24.2 Å². The first-order valence-corrected chi connectivity index (χ1v) is 14.6. The highest BCUT2D eigenvalue weighted by Gasteiger charge is 2.34. The predicted octanol–water partition coefficient (Wildman–Crippen LogP) is 4.61. The molecular formula is C26H33Cl2FN4O4S. The number of carbonyl (C=O) groups is 2. The molecule has 0 heterocycles. The van der Waals surface area contributed by atoms with Crippen molar-refractivity contribution in [2.75, 3.05) is 24.9 Å². The molecule has 1 saturated carbocycles. The van der Waals surface area contributed by atoms with Gasteiger partial charge in [0.25, 0.3) is 0 Å². The first-order valence-electron chi connectivity index (χ1n) is 12.4. The largest absolute Gasteiger partial charge is 0.352 e. The van der Waals surface area contributed by atoms with E-state index in [4.69, 9.17) is 23.2 Å². The standard InChI is InChI=1S/C26H33Cl2FN4O4S/c1-18(26(35)30-20-8-5-4-6-9-20)32(16-22-23(27)10-7-11-24(22)28)25(34)17-33(38(36,37)31(2)3)21-14-12-19(29)13-15-21/h7,10-15,18,20H,4-6,8-9,16-17H2,1-3H3,(H,30,35)/t18-/m1/s1. The van der Waals surface area contributed by atoms with Crippen molar-refractivity contribution in [1.29, 1.82) is 0 Å². The lowest BCUT2D eigenvalue weighted by molar-refractivity contribution is -0.139. The maximum absolute atomic E-state index is 13.8. The summed E-state index contributed by atoms with van der Waals surface area (Å²) in [5.74, 6) is -1.55. The molecule has 0 spiro atoms. The van der Waals surface area contributed by atoms with Crippen LogP contribution in [0.4, 0.5) is 10.1 Å². The maximum Gasteiger partial charge on any atom is 0.304 e. The van der Waals surface area contributed by atoms with E-state index in [0.717, 1.165) is 52.8 Å². The van der Waals surface area contributed by atoms with Crippen LogP contribution in [-0.2, 0) is 26.3 Å². The number of hydrogen-bond donors (Lipinski definition) is 1. The minimum atomic E-state index is -4.15. The molecule has 0 aromatic heterocycles. The number of benzene rings is 2. The highest BCUT2D eigenvalue weighted by atomic mass is 35.5. The zero-order valence-corrected chi connectivity index (χ0v) is 24.0. The number of carbonyl (C=O) groups excluding carboxylic acids is 2. The Labute approximate surface area is 233 Å². The van der Waals surface area contributed by atoms with Crippen molar-refractivity contribution in [3.63, 3.8) is 0 Å². The number of hydrogen-bond acceptors (Lipinski definition) is 4. The highest BCUT2D eigenvalue weighted by molar-refractivity contribution is 7.90. The Hall–Kier alpha value is -2.40. The normalized spacial score (nSPS) is 15.2. The minimum Gasteiger partial charge on any atom is -0.352 e. The van der Waals surface area contributed by atoms with Crippen LogP contribution in [0.3, 0.4) is 0 Å². The fraction of sp³-hybridized carbons (Fsp3) is 0.462. The quantitative estimate of drug-likeness (QED) is 0.440. The van der Waals surface area contributed by atoms with Gasteiger partial charge in [-0.25, -0.2) is 8.70 Å². The summed E-state index contributed by atoms with van der Waals surface area (Å²) in [6.45, 7) is 0.842. The molecule has 2 aromatic carbocycles. The molecule has 12 heteroatoms. The third-order valence-corrected chi connectivity index (χ3v) is 9.17. The number of anilines is 1. The summed E-state index contributed by atoms with van der Waals surface area (Å²) >= 11 is 12.8. The van der Waals surface area contributed by atoms with Crippen LogP contribution in [0.5, 0.6) is 0 Å².